The number of hydrogen-bond acceptors (Lipinski definition) is 0. The Morgan fingerprint density at radius 2 is 1.12 bits per heavy atom. The maximum atomic E-state index is 4.28. The molecule has 0 bridgehead atoms. The van der Waals surface area contributed by atoms with E-state index in [4.69, 9.17) is 0 Å². The van der Waals surface area contributed by atoms with Crippen LogP contribution in [0.1, 0.15) is 27.7 Å². The Kier molecular flexibility index (Phi) is 8.32. The van der Waals surface area contributed by atoms with Crippen LogP contribution in [-0.4, -0.2) is 12.1 Å². The fraction of sp³-hybridized carbons (Fsp3) is 1.00. The summed E-state index contributed by atoms with van der Waals surface area (Å²) in [4.78, 5) is 0. The Labute approximate surface area is 67.1 Å². The van der Waals surface area contributed by atoms with Crippen molar-refractivity contribution in [1.29, 1.82) is 0 Å². The van der Waals surface area contributed by atoms with Crippen LogP contribution in [0.2, 0.25) is 0 Å². The maximum Gasteiger partial charge on any atom is 0 e. The molecular formula is C6H14NTi-. The number of hydrogen-bond donors (Lipinski definition) is 0. The summed E-state index contributed by atoms with van der Waals surface area (Å²) < 4.78 is 0. The molecule has 8 heavy (non-hydrogen) atoms. The summed E-state index contributed by atoms with van der Waals surface area (Å²) in [6, 6.07) is 1.000. The number of rotatable bonds is 2. The molecule has 0 unspecified atom stereocenters. The van der Waals surface area contributed by atoms with Gasteiger partial charge >= 0.3 is 0 Å². The predicted molar refractivity (Wildman–Crippen MR) is 33.6 cm³/mol. The van der Waals surface area contributed by atoms with Crippen molar-refractivity contribution in [3.8, 4) is 0 Å². The normalized spacial score (nSPS) is 9.75. The van der Waals surface area contributed by atoms with Gasteiger partial charge in [-0.15, -0.1) is 12.1 Å². The molecule has 0 amide bonds. The van der Waals surface area contributed by atoms with Gasteiger partial charge in [-0.05, 0) is 0 Å². The fourth-order valence-corrected chi connectivity index (χ4v) is 0.596. The van der Waals surface area contributed by atoms with E-state index >= 15 is 0 Å². The van der Waals surface area contributed by atoms with Crippen LogP contribution >= 0.6 is 0 Å². The Bertz CT molecular complexity index is 37.8. The minimum Gasteiger partial charge on any atom is -0.658 e. The molecule has 0 aromatic rings. The number of nitrogens with zero attached hydrogens (tertiary/aromatic N) is 1. The van der Waals surface area contributed by atoms with E-state index in [1.165, 1.54) is 0 Å². The Hall–Kier alpha value is 0.674. The van der Waals surface area contributed by atoms with Crippen LogP contribution in [0.15, 0.2) is 0 Å². The minimum absolute atomic E-state index is 0. The third-order valence-corrected chi connectivity index (χ3v) is 0.596. The quantitative estimate of drug-likeness (QED) is 0.533. The molecule has 0 aliphatic carbocycles. The van der Waals surface area contributed by atoms with Crippen LogP contribution in [0.4, 0.5) is 0 Å². The summed E-state index contributed by atoms with van der Waals surface area (Å²) >= 11 is 0. The summed E-state index contributed by atoms with van der Waals surface area (Å²) in [5, 5.41) is 4.28. The van der Waals surface area contributed by atoms with Gasteiger partial charge in [-0.1, -0.05) is 27.7 Å². The molecular weight excluding hydrogens is 134 g/mol. The van der Waals surface area contributed by atoms with Gasteiger partial charge < -0.3 is 5.32 Å². The van der Waals surface area contributed by atoms with Crippen LogP contribution in [0.3, 0.4) is 0 Å². The zero-order valence-corrected chi connectivity index (χ0v) is 7.66. The van der Waals surface area contributed by atoms with E-state index in [0.717, 1.165) is 0 Å². The van der Waals surface area contributed by atoms with Gasteiger partial charge in [-0.25, -0.2) is 0 Å². The molecule has 0 radical (unpaired) electrons. The molecule has 0 rings (SSSR count). The molecule has 0 N–H and O–H groups in total. The molecule has 1 nitrogen and oxygen atoms in total. The van der Waals surface area contributed by atoms with Crippen molar-refractivity contribution in [2.45, 2.75) is 39.8 Å². The molecule has 0 aliphatic heterocycles. The third kappa shape index (κ3) is 9.84. The van der Waals surface area contributed by atoms with Gasteiger partial charge in [0, 0.05) is 21.7 Å². The zero-order chi connectivity index (χ0) is 5.86. The minimum atomic E-state index is 0. The van der Waals surface area contributed by atoms with Gasteiger partial charge in [0.05, 0.1) is 0 Å². The van der Waals surface area contributed by atoms with E-state index in [1.54, 1.807) is 0 Å². The summed E-state index contributed by atoms with van der Waals surface area (Å²) in [5.41, 5.74) is 0. The average Bonchev–Trinajstić information content (AvgIpc) is 1.27. The molecule has 0 aromatic carbocycles. The SMILES string of the molecule is CC(C)[N-]C(C)C.[Ti]. The molecule has 0 saturated carbocycles. The standard InChI is InChI=1S/C6H14N.Ti/c1-5(2)7-6(3)4;/h5-6H,1-4H3;/q-1;. The van der Waals surface area contributed by atoms with Crippen molar-refractivity contribution in [2.75, 3.05) is 0 Å². The van der Waals surface area contributed by atoms with Crippen LogP contribution < -0.4 is 0 Å². The van der Waals surface area contributed by atoms with E-state index in [1.807, 2.05) is 0 Å². The third-order valence-electron chi connectivity index (χ3n) is 0.596. The first kappa shape index (κ1) is 11.5. The molecule has 0 fully saturated rings. The van der Waals surface area contributed by atoms with E-state index in [9.17, 15) is 0 Å². The second-order valence-corrected chi connectivity index (χ2v) is 2.34. The van der Waals surface area contributed by atoms with Gasteiger partial charge in [0.25, 0.3) is 0 Å². The summed E-state index contributed by atoms with van der Waals surface area (Å²) in [5.74, 6) is 0. The zero-order valence-electron chi connectivity index (χ0n) is 6.10. The average molecular weight is 148 g/mol. The summed E-state index contributed by atoms with van der Waals surface area (Å²) in [6.07, 6.45) is 0. The van der Waals surface area contributed by atoms with Crippen molar-refractivity contribution in [2.24, 2.45) is 0 Å². The Balaban J connectivity index is 0. The monoisotopic (exact) mass is 148 g/mol. The molecule has 0 aromatic heterocycles. The van der Waals surface area contributed by atoms with Crippen molar-refractivity contribution in [1.82, 2.24) is 0 Å². The first-order valence-electron chi connectivity index (χ1n) is 2.83. The first-order valence-corrected chi connectivity index (χ1v) is 2.83. The topological polar surface area (TPSA) is 14.1 Å². The van der Waals surface area contributed by atoms with Gasteiger partial charge in [0.1, 0.15) is 0 Å². The smallest absolute Gasteiger partial charge is 0 e. The van der Waals surface area contributed by atoms with Gasteiger partial charge in [0.15, 0.2) is 0 Å². The van der Waals surface area contributed by atoms with Crippen LogP contribution in [0, 0.1) is 0 Å². The van der Waals surface area contributed by atoms with Gasteiger partial charge in [-0.2, -0.15) is 0 Å². The second kappa shape index (κ2) is 5.80. The predicted octanol–water partition coefficient (Wildman–Crippen LogP) is 2.17. The molecule has 48 valence electrons. The summed E-state index contributed by atoms with van der Waals surface area (Å²) in [6.45, 7) is 8.39. The fourth-order valence-electron chi connectivity index (χ4n) is 0.596. The van der Waals surface area contributed by atoms with E-state index < -0.39 is 0 Å². The van der Waals surface area contributed by atoms with Gasteiger partial charge in [0.2, 0.25) is 0 Å². The second-order valence-electron chi connectivity index (χ2n) is 2.34. The van der Waals surface area contributed by atoms with Crippen molar-refractivity contribution in [3.63, 3.8) is 0 Å². The van der Waals surface area contributed by atoms with Crippen molar-refractivity contribution >= 4 is 0 Å². The molecule has 0 heterocycles. The Morgan fingerprint density at radius 1 is 0.875 bits per heavy atom. The molecule has 0 atom stereocenters. The van der Waals surface area contributed by atoms with E-state index in [0.29, 0.717) is 12.1 Å². The maximum absolute atomic E-state index is 4.28. The van der Waals surface area contributed by atoms with E-state index in [2.05, 4.69) is 33.0 Å². The Morgan fingerprint density at radius 3 is 1.12 bits per heavy atom. The van der Waals surface area contributed by atoms with E-state index in [-0.39, 0.29) is 21.7 Å². The van der Waals surface area contributed by atoms with Crippen molar-refractivity contribution in [3.05, 3.63) is 5.32 Å². The molecule has 0 spiro atoms. The molecule has 0 aliphatic rings. The first-order chi connectivity index (χ1) is 3.13. The van der Waals surface area contributed by atoms with Crippen LogP contribution in [0.5, 0.6) is 0 Å². The van der Waals surface area contributed by atoms with Crippen LogP contribution in [0.25, 0.3) is 5.32 Å². The van der Waals surface area contributed by atoms with Gasteiger partial charge in [-0.3, -0.25) is 0 Å². The van der Waals surface area contributed by atoms with Crippen LogP contribution in [-0.2, 0) is 21.7 Å². The van der Waals surface area contributed by atoms with Crippen molar-refractivity contribution < 1.29 is 21.7 Å². The molecule has 2 heteroatoms. The summed E-state index contributed by atoms with van der Waals surface area (Å²) in [7, 11) is 0. The largest absolute Gasteiger partial charge is 0.658 e. The molecule has 0 saturated heterocycles.